The van der Waals surface area contributed by atoms with Gasteiger partial charge in [-0.3, -0.25) is 4.57 Å². The molecule has 1 N–H and O–H groups in total. The van der Waals surface area contributed by atoms with E-state index in [0.717, 1.165) is 35.8 Å². The van der Waals surface area contributed by atoms with Crippen LogP contribution in [-0.2, 0) is 12.2 Å². The van der Waals surface area contributed by atoms with Crippen molar-refractivity contribution in [3.05, 3.63) is 56.3 Å². The summed E-state index contributed by atoms with van der Waals surface area (Å²) in [7, 11) is 0. The molecule has 0 aliphatic heterocycles. The number of aryl methyl sites for hydroxylation is 1. The number of aromatic nitrogens is 3. The maximum absolute atomic E-state index is 11.9. The zero-order valence-electron chi connectivity index (χ0n) is 13.2. The summed E-state index contributed by atoms with van der Waals surface area (Å²) in [5.74, 6) is 0.560. The van der Waals surface area contributed by atoms with Crippen LogP contribution in [0.1, 0.15) is 36.9 Å². The van der Waals surface area contributed by atoms with E-state index in [4.69, 9.17) is 4.42 Å². The van der Waals surface area contributed by atoms with Crippen LogP contribution >= 0.6 is 11.8 Å². The molecule has 2 heterocycles. The van der Waals surface area contributed by atoms with E-state index in [1.165, 1.54) is 17.8 Å². The van der Waals surface area contributed by atoms with Crippen molar-refractivity contribution >= 4 is 22.7 Å². The highest BCUT2D eigenvalue weighted by molar-refractivity contribution is 7.98. The first kappa shape index (κ1) is 15.3. The van der Waals surface area contributed by atoms with Gasteiger partial charge in [-0.1, -0.05) is 30.8 Å². The average molecular weight is 343 g/mol. The van der Waals surface area contributed by atoms with E-state index in [-0.39, 0.29) is 17.4 Å². The molecule has 0 radical (unpaired) electrons. The number of nitrogens with one attached hydrogen (secondary N) is 1. The van der Waals surface area contributed by atoms with Crippen molar-refractivity contribution in [1.82, 2.24) is 14.8 Å². The Morgan fingerprint density at radius 1 is 1.33 bits per heavy atom. The Labute approximate surface area is 141 Å². The minimum absolute atomic E-state index is 0.162. The Balaban J connectivity index is 1.67. The van der Waals surface area contributed by atoms with E-state index in [2.05, 4.69) is 17.1 Å². The number of hydrogen-bond donors (Lipinski definition) is 1. The second-order valence-electron chi connectivity index (χ2n) is 5.98. The van der Waals surface area contributed by atoms with Crippen molar-refractivity contribution in [1.29, 1.82) is 0 Å². The number of rotatable bonds is 5. The van der Waals surface area contributed by atoms with Gasteiger partial charge in [0, 0.05) is 23.2 Å². The van der Waals surface area contributed by atoms with Crippen molar-refractivity contribution in [2.24, 2.45) is 0 Å². The Kier molecular flexibility index (Phi) is 3.80. The van der Waals surface area contributed by atoms with Gasteiger partial charge in [-0.15, -0.1) is 5.10 Å². The molecule has 24 heavy (non-hydrogen) atoms. The molecule has 6 nitrogen and oxygen atoms in total. The maximum atomic E-state index is 11.9. The van der Waals surface area contributed by atoms with Crippen molar-refractivity contribution < 1.29 is 4.42 Å². The number of aromatic amines is 1. The third kappa shape index (κ3) is 2.80. The molecule has 1 fully saturated rings. The van der Waals surface area contributed by atoms with E-state index in [1.54, 1.807) is 4.57 Å². The fourth-order valence-corrected chi connectivity index (χ4v) is 3.81. The summed E-state index contributed by atoms with van der Waals surface area (Å²) >= 11 is 1.46. The first-order valence-corrected chi connectivity index (χ1v) is 8.99. The first-order valence-electron chi connectivity index (χ1n) is 8.01. The average Bonchev–Trinajstić information content (AvgIpc) is 3.34. The molecule has 0 saturated heterocycles. The Morgan fingerprint density at radius 3 is 2.92 bits per heavy atom. The molecular formula is C17H17N3O3S. The molecule has 1 aliphatic carbocycles. The molecule has 1 aliphatic rings. The van der Waals surface area contributed by atoms with E-state index < -0.39 is 0 Å². The number of H-pyrrole nitrogens is 1. The van der Waals surface area contributed by atoms with Crippen LogP contribution in [0.4, 0.5) is 0 Å². The SMILES string of the molecule is CCc1ccc2c(CSc3n[nH]c(=O)n3C3CC3)cc(=O)oc2c1. The van der Waals surface area contributed by atoms with Crippen molar-refractivity contribution in [3.8, 4) is 0 Å². The van der Waals surface area contributed by atoms with Crippen LogP contribution in [0.2, 0.25) is 0 Å². The Morgan fingerprint density at radius 2 is 2.17 bits per heavy atom. The topological polar surface area (TPSA) is 80.9 Å². The third-order valence-corrected chi connectivity index (χ3v) is 5.25. The van der Waals surface area contributed by atoms with E-state index in [1.807, 2.05) is 18.2 Å². The van der Waals surface area contributed by atoms with Crippen LogP contribution in [0.5, 0.6) is 0 Å². The Bertz CT molecular complexity index is 1010. The lowest BCUT2D eigenvalue weighted by Crippen LogP contribution is -2.16. The first-order chi connectivity index (χ1) is 11.7. The van der Waals surface area contributed by atoms with Gasteiger partial charge >= 0.3 is 11.3 Å². The van der Waals surface area contributed by atoms with E-state index in [9.17, 15) is 9.59 Å². The van der Waals surface area contributed by atoms with Gasteiger partial charge in [-0.2, -0.15) is 0 Å². The summed E-state index contributed by atoms with van der Waals surface area (Å²) in [4.78, 5) is 23.7. The zero-order valence-corrected chi connectivity index (χ0v) is 14.1. The predicted molar refractivity (Wildman–Crippen MR) is 92.5 cm³/mol. The Hall–Kier alpha value is -2.28. The van der Waals surface area contributed by atoms with Gasteiger partial charge in [0.1, 0.15) is 5.58 Å². The van der Waals surface area contributed by atoms with E-state index >= 15 is 0 Å². The van der Waals surface area contributed by atoms with Crippen molar-refractivity contribution in [3.63, 3.8) is 0 Å². The molecule has 124 valence electrons. The summed E-state index contributed by atoms with van der Waals surface area (Å²) in [5.41, 5.74) is 2.12. The van der Waals surface area contributed by atoms with Crippen molar-refractivity contribution in [2.45, 2.75) is 43.1 Å². The van der Waals surface area contributed by atoms with Crippen LogP contribution in [0.25, 0.3) is 11.0 Å². The van der Waals surface area contributed by atoms with Gasteiger partial charge in [0.15, 0.2) is 5.16 Å². The number of thioether (sulfide) groups is 1. The van der Waals surface area contributed by atoms with Gasteiger partial charge in [-0.05, 0) is 36.5 Å². The molecule has 0 bridgehead atoms. The van der Waals surface area contributed by atoms with Crippen LogP contribution in [0.15, 0.2) is 43.4 Å². The summed E-state index contributed by atoms with van der Waals surface area (Å²) < 4.78 is 7.05. The lowest BCUT2D eigenvalue weighted by Gasteiger charge is -2.07. The van der Waals surface area contributed by atoms with Gasteiger partial charge in [-0.25, -0.2) is 14.7 Å². The quantitative estimate of drug-likeness (QED) is 0.569. The molecule has 2 aromatic heterocycles. The highest BCUT2D eigenvalue weighted by Crippen LogP contribution is 2.36. The maximum Gasteiger partial charge on any atom is 0.344 e. The van der Waals surface area contributed by atoms with Crippen LogP contribution < -0.4 is 11.3 Å². The summed E-state index contributed by atoms with van der Waals surface area (Å²) in [5, 5.41) is 8.22. The minimum Gasteiger partial charge on any atom is -0.423 e. The molecule has 4 rings (SSSR count). The second-order valence-corrected chi connectivity index (χ2v) is 6.92. The van der Waals surface area contributed by atoms with Crippen LogP contribution in [0, 0.1) is 0 Å². The minimum atomic E-state index is -0.354. The fourth-order valence-electron chi connectivity index (χ4n) is 2.80. The van der Waals surface area contributed by atoms with Gasteiger partial charge in [0.2, 0.25) is 0 Å². The van der Waals surface area contributed by atoms with Gasteiger partial charge < -0.3 is 4.42 Å². The molecule has 1 saturated carbocycles. The lowest BCUT2D eigenvalue weighted by atomic mass is 10.1. The number of fused-ring (bicyclic) bond motifs is 1. The molecular weight excluding hydrogens is 326 g/mol. The van der Waals surface area contributed by atoms with Crippen molar-refractivity contribution in [2.75, 3.05) is 0 Å². The monoisotopic (exact) mass is 343 g/mol. The standard InChI is InChI=1S/C17H17N3O3S/c1-2-10-3-6-13-11(8-15(21)23-14(13)7-10)9-24-17-19-18-16(22)20(17)12-4-5-12/h3,6-8,12H,2,4-5,9H2,1H3,(H,18,22). The predicted octanol–water partition coefficient (Wildman–Crippen LogP) is 2.87. The number of hydrogen-bond acceptors (Lipinski definition) is 5. The molecule has 0 atom stereocenters. The number of benzene rings is 1. The highest BCUT2D eigenvalue weighted by atomic mass is 32.2. The molecule has 0 unspecified atom stereocenters. The molecule has 3 aromatic rings. The molecule has 7 heteroatoms. The smallest absolute Gasteiger partial charge is 0.344 e. The largest absolute Gasteiger partial charge is 0.423 e. The molecule has 0 amide bonds. The van der Waals surface area contributed by atoms with Crippen LogP contribution in [0.3, 0.4) is 0 Å². The summed E-state index contributed by atoms with van der Waals surface area (Å²) in [6.07, 6.45) is 2.93. The van der Waals surface area contributed by atoms with Gasteiger partial charge in [0.25, 0.3) is 0 Å². The molecule has 0 spiro atoms. The molecule has 1 aromatic carbocycles. The second kappa shape index (κ2) is 5.98. The fraction of sp³-hybridized carbons (Fsp3) is 0.353. The normalized spacial score (nSPS) is 14.4. The highest BCUT2D eigenvalue weighted by Gasteiger charge is 2.28. The van der Waals surface area contributed by atoms with Gasteiger partial charge in [0.05, 0.1) is 0 Å². The number of nitrogens with zero attached hydrogens (tertiary/aromatic N) is 2. The lowest BCUT2D eigenvalue weighted by molar-refractivity contribution is 0.559. The summed E-state index contributed by atoms with van der Waals surface area (Å²) in [6, 6.07) is 7.74. The van der Waals surface area contributed by atoms with E-state index in [0.29, 0.717) is 16.5 Å². The zero-order chi connectivity index (χ0) is 16.7. The third-order valence-electron chi connectivity index (χ3n) is 4.24. The van der Waals surface area contributed by atoms with Crippen LogP contribution in [-0.4, -0.2) is 14.8 Å². The summed E-state index contributed by atoms with van der Waals surface area (Å²) in [6.45, 7) is 2.06.